The highest BCUT2D eigenvalue weighted by molar-refractivity contribution is 5.84. The molecule has 0 saturated carbocycles. The van der Waals surface area contributed by atoms with Gasteiger partial charge in [-0.25, -0.2) is 4.79 Å². The van der Waals surface area contributed by atoms with Gasteiger partial charge in [-0.2, -0.15) is 0 Å². The van der Waals surface area contributed by atoms with Crippen LogP contribution >= 0.6 is 0 Å². The van der Waals surface area contributed by atoms with Crippen molar-refractivity contribution in [1.29, 1.82) is 0 Å². The quantitative estimate of drug-likeness (QED) is 0.661. The van der Waals surface area contributed by atoms with Gasteiger partial charge in [0.05, 0.1) is 6.04 Å². The Morgan fingerprint density at radius 1 is 1.53 bits per heavy atom. The van der Waals surface area contributed by atoms with Crippen molar-refractivity contribution in [2.45, 2.75) is 58.1 Å². The molecule has 0 aliphatic carbocycles. The van der Waals surface area contributed by atoms with Crippen LogP contribution in [0.5, 0.6) is 0 Å². The lowest BCUT2D eigenvalue weighted by atomic mass is 9.95. The molecule has 0 fully saturated rings. The number of hydrogen-bond donors (Lipinski definition) is 1. The number of ketones is 1. The van der Waals surface area contributed by atoms with Crippen molar-refractivity contribution in [3.63, 3.8) is 0 Å². The highest BCUT2D eigenvalue weighted by atomic mass is 16.5. The maximum atomic E-state index is 11.6. The predicted molar refractivity (Wildman–Crippen MR) is 58.0 cm³/mol. The van der Waals surface area contributed by atoms with Crippen LogP contribution in [0.4, 0.5) is 0 Å². The van der Waals surface area contributed by atoms with Gasteiger partial charge in [0, 0.05) is 6.42 Å². The van der Waals surface area contributed by atoms with E-state index in [1.807, 2.05) is 6.92 Å². The monoisotopic (exact) mass is 214 g/mol. The minimum atomic E-state index is -0.803. The molecule has 0 aromatic heterocycles. The largest absolute Gasteiger partial charge is 0.451 e. The molecule has 0 aromatic rings. The Kier molecular flexibility index (Phi) is 6.17. The summed E-state index contributed by atoms with van der Waals surface area (Å²) in [4.78, 5) is 21.7. The van der Waals surface area contributed by atoms with E-state index < -0.39 is 11.6 Å². The Labute approximate surface area is 91.2 Å². The summed E-state index contributed by atoms with van der Waals surface area (Å²) in [6, 6.07) is -0.445. The summed E-state index contributed by atoms with van der Waals surface area (Å²) in [5.74, 6) is -0.0660. The number of ether oxygens (including phenoxy) is 1. The van der Waals surface area contributed by atoms with Crippen molar-refractivity contribution in [3.8, 4) is 0 Å². The maximum absolute atomic E-state index is 11.6. The molecule has 4 heteroatoms. The first-order chi connectivity index (χ1) is 6.93. The lowest BCUT2D eigenvalue weighted by Gasteiger charge is -2.22. The van der Waals surface area contributed by atoms with Crippen LogP contribution in [0.25, 0.3) is 0 Å². The number of hydrogen-bond acceptors (Lipinski definition) is 4. The van der Waals surface area contributed by atoms with Crippen LogP contribution in [0.1, 0.15) is 46.5 Å². The molecule has 0 aliphatic heterocycles. The Hall–Kier alpha value is -0.900. The molecular formula is C11H20NO3. The summed E-state index contributed by atoms with van der Waals surface area (Å²) >= 11 is 0. The summed E-state index contributed by atoms with van der Waals surface area (Å²) in [5.41, 5.74) is 4.90. The van der Waals surface area contributed by atoms with Crippen LogP contribution in [-0.2, 0) is 14.3 Å². The smallest absolute Gasteiger partial charge is 0.418 e. The Bertz CT molecular complexity index is 214. The molecule has 4 nitrogen and oxygen atoms in total. The van der Waals surface area contributed by atoms with E-state index in [9.17, 15) is 9.59 Å². The van der Waals surface area contributed by atoms with E-state index in [0.29, 0.717) is 6.42 Å². The van der Waals surface area contributed by atoms with Crippen molar-refractivity contribution in [2.24, 2.45) is 5.73 Å². The molecule has 1 atom stereocenters. The van der Waals surface area contributed by atoms with Crippen molar-refractivity contribution in [3.05, 3.63) is 0 Å². The van der Waals surface area contributed by atoms with Gasteiger partial charge in [0.1, 0.15) is 5.60 Å². The van der Waals surface area contributed by atoms with Gasteiger partial charge >= 0.3 is 6.47 Å². The second-order valence-corrected chi connectivity index (χ2v) is 4.34. The molecule has 0 rings (SSSR count). The minimum Gasteiger partial charge on any atom is -0.451 e. The molecule has 0 spiro atoms. The van der Waals surface area contributed by atoms with Gasteiger partial charge in [-0.1, -0.05) is 19.8 Å². The normalized spacial score (nSPS) is 13.3. The van der Waals surface area contributed by atoms with Gasteiger partial charge in [0.2, 0.25) is 0 Å². The molecule has 2 N–H and O–H groups in total. The van der Waals surface area contributed by atoms with Crippen molar-refractivity contribution in [1.82, 2.24) is 0 Å². The first-order valence-corrected chi connectivity index (χ1v) is 5.26. The third kappa shape index (κ3) is 6.23. The summed E-state index contributed by atoms with van der Waals surface area (Å²) in [6.07, 6.45) is 2.79. The van der Waals surface area contributed by atoms with E-state index in [1.165, 1.54) is 6.47 Å². The van der Waals surface area contributed by atoms with Gasteiger partial charge in [0.25, 0.3) is 0 Å². The second-order valence-electron chi connectivity index (χ2n) is 4.34. The van der Waals surface area contributed by atoms with Crippen molar-refractivity contribution in [2.75, 3.05) is 0 Å². The van der Waals surface area contributed by atoms with Crippen LogP contribution in [0.2, 0.25) is 0 Å². The Balaban J connectivity index is 4.05. The van der Waals surface area contributed by atoms with Gasteiger partial charge in [-0.05, 0) is 20.3 Å². The average molecular weight is 214 g/mol. The van der Waals surface area contributed by atoms with Crippen LogP contribution in [0.15, 0.2) is 0 Å². The lowest BCUT2D eigenvalue weighted by Crippen LogP contribution is -2.37. The number of nitrogens with two attached hydrogens (primary N) is 1. The van der Waals surface area contributed by atoms with Crippen LogP contribution in [0, 0.1) is 0 Å². The summed E-state index contributed by atoms with van der Waals surface area (Å²) in [5, 5.41) is 0. The molecule has 15 heavy (non-hydrogen) atoms. The van der Waals surface area contributed by atoms with Gasteiger partial charge in [0.15, 0.2) is 5.78 Å². The zero-order valence-electron chi connectivity index (χ0n) is 9.71. The molecule has 0 bridgehead atoms. The molecule has 0 aliphatic rings. The van der Waals surface area contributed by atoms with Crippen LogP contribution < -0.4 is 5.73 Å². The highest BCUT2D eigenvalue weighted by Gasteiger charge is 2.26. The van der Waals surface area contributed by atoms with Gasteiger partial charge < -0.3 is 10.5 Å². The number of Topliss-reactive ketones (excluding diaryl/α,β-unsaturated/α-hetero) is 1. The molecule has 1 radical (unpaired) electrons. The van der Waals surface area contributed by atoms with Gasteiger partial charge in [-0.3, -0.25) is 4.79 Å². The first-order valence-electron chi connectivity index (χ1n) is 5.26. The van der Waals surface area contributed by atoms with E-state index in [4.69, 9.17) is 5.73 Å². The molecule has 0 unspecified atom stereocenters. The topological polar surface area (TPSA) is 69.4 Å². The SMILES string of the molecule is CCCC[C@H](N)C(=O)CC(C)(C)O[C]=O. The lowest BCUT2D eigenvalue weighted by molar-refractivity contribution is -0.123. The molecule has 0 aromatic carbocycles. The molecular weight excluding hydrogens is 194 g/mol. The third-order valence-electron chi connectivity index (χ3n) is 2.20. The Morgan fingerprint density at radius 3 is 2.60 bits per heavy atom. The summed E-state index contributed by atoms with van der Waals surface area (Å²) < 4.78 is 4.67. The van der Waals surface area contributed by atoms with E-state index >= 15 is 0 Å². The molecule has 0 amide bonds. The zero-order chi connectivity index (χ0) is 11.9. The molecule has 0 heterocycles. The molecule has 87 valence electrons. The number of unbranched alkanes of at least 4 members (excludes halogenated alkanes) is 1. The van der Waals surface area contributed by atoms with E-state index in [2.05, 4.69) is 4.74 Å². The van der Waals surface area contributed by atoms with Gasteiger partial charge in [-0.15, -0.1) is 0 Å². The second kappa shape index (κ2) is 6.56. The summed E-state index contributed by atoms with van der Waals surface area (Å²) in [7, 11) is 0. The average Bonchev–Trinajstić information content (AvgIpc) is 2.13. The fourth-order valence-corrected chi connectivity index (χ4v) is 1.28. The molecule has 0 saturated heterocycles. The number of carbonyl (C=O) groups is 1. The third-order valence-corrected chi connectivity index (χ3v) is 2.20. The fraction of sp³-hybridized carbons (Fsp3) is 0.818. The zero-order valence-corrected chi connectivity index (χ0v) is 9.71. The first kappa shape index (κ1) is 14.1. The number of carbonyl (C=O) groups excluding carboxylic acids is 2. The Morgan fingerprint density at radius 2 is 2.13 bits per heavy atom. The van der Waals surface area contributed by atoms with Crippen LogP contribution in [-0.4, -0.2) is 23.9 Å². The van der Waals surface area contributed by atoms with Crippen LogP contribution in [0.3, 0.4) is 0 Å². The van der Waals surface area contributed by atoms with E-state index in [1.54, 1.807) is 13.8 Å². The van der Waals surface area contributed by atoms with E-state index in [0.717, 1.165) is 12.8 Å². The fourth-order valence-electron chi connectivity index (χ4n) is 1.28. The summed E-state index contributed by atoms with van der Waals surface area (Å²) in [6.45, 7) is 6.74. The highest BCUT2D eigenvalue weighted by Crippen LogP contribution is 2.15. The maximum Gasteiger partial charge on any atom is 0.418 e. The predicted octanol–water partition coefficient (Wildman–Crippen LogP) is 1.33. The van der Waals surface area contributed by atoms with Crippen molar-refractivity contribution < 1.29 is 14.3 Å². The van der Waals surface area contributed by atoms with E-state index in [-0.39, 0.29) is 12.2 Å². The number of rotatable bonds is 8. The van der Waals surface area contributed by atoms with Crippen molar-refractivity contribution >= 4 is 12.3 Å². The standard InChI is InChI=1S/C11H20NO3/c1-4-5-6-9(12)10(14)7-11(2,3)15-8-13/h9H,4-7,12H2,1-3H3/t9-/m0/s1. The minimum absolute atomic E-state index is 0.0660.